The van der Waals surface area contributed by atoms with Crippen LogP contribution in [0.5, 0.6) is 0 Å². The molecule has 23 heteroatoms. The summed E-state index contributed by atoms with van der Waals surface area (Å²) in [5, 5.41) is 54.5. The lowest BCUT2D eigenvalue weighted by molar-refractivity contribution is -0.147. The number of H-pyrrole nitrogens is 1. The minimum Gasteiger partial charge on any atom is -0.481 e. The summed E-state index contributed by atoms with van der Waals surface area (Å²) in [6.45, 7) is 6.24. The van der Waals surface area contributed by atoms with Gasteiger partial charge in [0, 0.05) is 17.1 Å². The first-order valence-electron chi connectivity index (χ1n) is 18.7. The second-order valence-electron chi connectivity index (χ2n) is 14.5. The van der Waals surface area contributed by atoms with Crippen LogP contribution < -0.4 is 43.0 Å². The Morgan fingerprint density at radius 2 is 1.18 bits per heavy atom. The highest BCUT2D eigenvalue weighted by Gasteiger charge is 2.34. The molecule has 1 heterocycles. The summed E-state index contributed by atoms with van der Waals surface area (Å²) in [6.07, 6.45) is -1.72. The fraction of sp³-hybridized carbons (Fsp3) is 0.514. The molecule has 0 aliphatic heterocycles. The van der Waals surface area contributed by atoms with E-state index in [2.05, 4.69) is 36.9 Å². The third-order valence-electron chi connectivity index (χ3n) is 8.81. The first kappa shape index (κ1) is 49.5. The number of aliphatic carboxylic acids is 3. The Hall–Kier alpha value is -6.62. The van der Waals surface area contributed by atoms with Crippen LogP contribution >= 0.6 is 0 Å². The lowest BCUT2D eigenvalue weighted by atomic mass is 10.0. The number of rotatable bonds is 24. The van der Waals surface area contributed by atoms with Crippen molar-refractivity contribution in [1.82, 2.24) is 42.2 Å². The van der Waals surface area contributed by atoms with Gasteiger partial charge in [-0.15, -0.1) is 0 Å². The number of aromatic nitrogens is 1. The van der Waals surface area contributed by atoms with Gasteiger partial charge in [-0.2, -0.15) is 0 Å². The molecule has 0 saturated heterocycles. The molecular weight excluding hydrogens is 794 g/mol. The normalized spacial score (nSPS) is 15.1. The number of hydrogen-bond donors (Lipinski definition) is 13. The molecule has 14 N–H and O–H groups in total. The molecule has 0 bridgehead atoms. The van der Waals surface area contributed by atoms with Crippen LogP contribution in [0.2, 0.25) is 0 Å². The highest BCUT2D eigenvalue weighted by Crippen LogP contribution is 2.18. The molecule has 0 unspecified atom stereocenters. The molecule has 0 spiro atoms. The van der Waals surface area contributed by atoms with Gasteiger partial charge in [0.2, 0.25) is 41.4 Å². The average Bonchev–Trinajstić information content (AvgIpc) is 3.56. The molecule has 0 aliphatic rings. The monoisotopic (exact) mass is 847 g/mol. The summed E-state index contributed by atoms with van der Waals surface area (Å²) in [5.74, 6) is -11.8. The number of carboxylic acids is 3. The number of aliphatic hydroxyl groups excluding tert-OH is 1. The number of amides is 7. The molecule has 23 nitrogen and oxygen atoms in total. The number of aromatic amines is 1. The highest BCUT2D eigenvalue weighted by atomic mass is 16.4. The third-order valence-corrected chi connectivity index (χ3v) is 8.81. The van der Waals surface area contributed by atoms with Crippen molar-refractivity contribution in [2.24, 2.45) is 11.7 Å². The quantitative estimate of drug-likeness (QED) is 0.0489. The standard InChI is InChI=1S/C37H53N9O14/c1-16(2)10-24(35(57)45-26(37(59)60)13-29(51)52)44-36(58)30(19(5)47)46-32(54)18(4)42-34(56)25(12-28(49)50)43-31(53)17(3)41-27(48)15-40-33(55)22(38)11-20-14-39-23-9-7-6-8-21(20)23/h6-9,14,16-19,22,24-26,30,39,47H,10-13,15,38H2,1-5H3,(H,40,55)(H,41,48)(H,42,56)(H,43,53)(H,44,58)(H,45,57)(H,46,54)(H,49,50)(H,51,52)(H,59,60)/t17-,18-,19+,22-,24-,25-,26-,30-/m0/s1. The third kappa shape index (κ3) is 16.0. The number of para-hydroxylation sites is 1. The smallest absolute Gasteiger partial charge is 0.326 e. The Bertz CT molecular complexity index is 1920. The minimum absolute atomic E-state index is 0.0682. The maximum atomic E-state index is 13.2. The van der Waals surface area contributed by atoms with Crippen LogP contribution in [0.15, 0.2) is 30.5 Å². The molecule has 330 valence electrons. The fourth-order valence-electron chi connectivity index (χ4n) is 5.64. The zero-order valence-electron chi connectivity index (χ0n) is 33.6. The zero-order valence-corrected chi connectivity index (χ0v) is 33.6. The molecule has 2 aromatic rings. The molecule has 1 aromatic heterocycles. The lowest BCUT2D eigenvalue weighted by Gasteiger charge is -2.27. The van der Waals surface area contributed by atoms with Crippen molar-refractivity contribution in [3.63, 3.8) is 0 Å². The molecule has 0 radical (unpaired) electrons. The predicted molar refractivity (Wildman–Crippen MR) is 209 cm³/mol. The van der Waals surface area contributed by atoms with Crippen LogP contribution in [-0.2, 0) is 54.4 Å². The fourth-order valence-corrected chi connectivity index (χ4v) is 5.64. The Morgan fingerprint density at radius 1 is 0.650 bits per heavy atom. The van der Waals surface area contributed by atoms with Gasteiger partial charge >= 0.3 is 17.9 Å². The van der Waals surface area contributed by atoms with Crippen molar-refractivity contribution < 1.29 is 68.4 Å². The van der Waals surface area contributed by atoms with E-state index in [0.717, 1.165) is 30.3 Å². The largest absolute Gasteiger partial charge is 0.481 e. The highest BCUT2D eigenvalue weighted by molar-refractivity contribution is 5.98. The first-order chi connectivity index (χ1) is 28.0. The number of aliphatic hydroxyl groups is 1. The van der Waals surface area contributed by atoms with Gasteiger partial charge in [-0.05, 0) is 51.2 Å². The number of nitrogens with one attached hydrogen (secondary N) is 8. The van der Waals surface area contributed by atoms with Crippen molar-refractivity contribution in [3.8, 4) is 0 Å². The summed E-state index contributed by atoms with van der Waals surface area (Å²) >= 11 is 0. The topological polar surface area (TPSA) is 378 Å². The van der Waals surface area contributed by atoms with Crippen LogP contribution in [0.25, 0.3) is 10.9 Å². The summed E-state index contributed by atoms with van der Waals surface area (Å²) in [7, 11) is 0. The van der Waals surface area contributed by atoms with Gasteiger partial charge in [-0.3, -0.25) is 43.2 Å². The van der Waals surface area contributed by atoms with Crippen molar-refractivity contribution in [3.05, 3.63) is 36.0 Å². The number of hydrogen-bond acceptors (Lipinski definition) is 12. The predicted octanol–water partition coefficient (Wildman–Crippen LogP) is -3.44. The van der Waals surface area contributed by atoms with Gasteiger partial charge in [0.15, 0.2) is 0 Å². The molecular formula is C37H53N9O14. The SMILES string of the molecule is CC(C)C[C@H](NC(=O)[C@@H](NC(=O)[C@H](C)NC(=O)[C@H](CC(=O)O)NC(=O)[C@H](C)NC(=O)CNC(=O)[C@@H](N)Cc1c[nH]c2ccccc12)[C@@H](C)O)C(=O)N[C@@H](CC(=O)O)C(=O)O. The van der Waals surface area contributed by atoms with Crippen molar-refractivity contribution in [1.29, 1.82) is 0 Å². The average molecular weight is 848 g/mol. The summed E-state index contributed by atoms with van der Waals surface area (Å²) < 4.78 is 0. The van der Waals surface area contributed by atoms with Gasteiger partial charge in [-0.25, -0.2) is 4.79 Å². The van der Waals surface area contributed by atoms with E-state index in [1.165, 1.54) is 6.92 Å². The number of fused-ring (bicyclic) bond motifs is 1. The van der Waals surface area contributed by atoms with Crippen molar-refractivity contribution in [2.75, 3.05) is 6.54 Å². The Kier molecular flexibility index (Phi) is 19.1. The Balaban J connectivity index is 1.99. The summed E-state index contributed by atoms with van der Waals surface area (Å²) in [4.78, 5) is 128. The van der Waals surface area contributed by atoms with Gasteiger partial charge in [0.05, 0.1) is 31.5 Å². The maximum Gasteiger partial charge on any atom is 0.326 e. The van der Waals surface area contributed by atoms with Crippen LogP contribution in [0, 0.1) is 5.92 Å². The molecule has 0 aliphatic carbocycles. The number of carbonyl (C=O) groups is 10. The van der Waals surface area contributed by atoms with Crippen molar-refractivity contribution >= 4 is 70.2 Å². The molecule has 0 fully saturated rings. The van der Waals surface area contributed by atoms with E-state index < -0.39 is 127 Å². The minimum atomic E-state index is -1.83. The molecule has 2 rings (SSSR count). The molecule has 60 heavy (non-hydrogen) atoms. The van der Waals surface area contributed by atoms with Crippen LogP contribution in [0.4, 0.5) is 0 Å². The van der Waals surface area contributed by atoms with E-state index in [1.807, 2.05) is 29.6 Å². The Morgan fingerprint density at radius 3 is 1.77 bits per heavy atom. The zero-order chi connectivity index (χ0) is 45.4. The van der Waals surface area contributed by atoms with Crippen LogP contribution in [0.1, 0.15) is 59.4 Å². The van der Waals surface area contributed by atoms with E-state index in [9.17, 15) is 63.3 Å². The molecule has 1 aromatic carbocycles. The van der Waals surface area contributed by atoms with Crippen LogP contribution in [-0.4, -0.2) is 140 Å². The van der Waals surface area contributed by atoms with Gasteiger partial charge in [-0.1, -0.05) is 32.0 Å². The number of benzene rings is 1. The number of nitrogens with two attached hydrogens (primary N) is 1. The summed E-state index contributed by atoms with van der Waals surface area (Å²) in [5.41, 5.74) is 7.67. The Labute approximate surface area is 343 Å². The maximum absolute atomic E-state index is 13.2. The second kappa shape index (κ2) is 23.1. The second-order valence-corrected chi connectivity index (χ2v) is 14.5. The molecule has 7 amide bonds. The number of carbonyl (C=O) groups excluding carboxylic acids is 7. The van der Waals surface area contributed by atoms with E-state index in [0.29, 0.717) is 0 Å². The van der Waals surface area contributed by atoms with E-state index in [-0.39, 0.29) is 18.8 Å². The van der Waals surface area contributed by atoms with Gasteiger partial charge in [0.25, 0.3) is 0 Å². The summed E-state index contributed by atoms with van der Waals surface area (Å²) in [6, 6.07) is -3.30. The number of carboxylic acid groups (broad SMARTS) is 3. The van der Waals surface area contributed by atoms with Gasteiger partial charge < -0.3 is 68.4 Å². The van der Waals surface area contributed by atoms with Crippen LogP contribution in [0.3, 0.4) is 0 Å². The lowest BCUT2D eigenvalue weighted by Crippen LogP contribution is -2.61. The molecule has 0 saturated carbocycles. The van der Waals surface area contributed by atoms with E-state index in [4.69, 9.17) is 10.8 Å². The molecule has 8 atom stereocenters. The van der Waals surface area contributed by atoms with Gasteiger partial charge in [0.1, 0.15) is 36.3 Å². The van der Waals surface area contributed by atoms with Crippen molar-refractivity contribution in [2.45, 2.75) is 109 Å². The van der Waals surface area contributed by atoms with E-state index >= 15 is 0 Å². The first-order valence-corrected chi connectivity index (χ1v) is 18.7. The van der Waals surface area contributed by atoms with E-state index in [1.54, 1.807) is 20.0 Å².